The minimum atomic E-state index is -0.453. The van der Waals surface area contributed by atoms with Gasteiger partial charge in [0.2, 0.25) is 0 Å². The number of fused-ring (bicyclic) bond motifs is 1. The van der Waals surface area contributed by atoms with Gasteiger partial charge < -0.3 is 29.9 Å². The molecule has 3 rings (SSSR count). The van der Waals surface area contributed by atoms with Gasteiger partial charge in [-0.15, -0.1) is 0 Å². The van der Waals surface area contributed by atoms with Crippen LogP contribution in [0.3, 0.4) is 0 Å². The van der Waals surface area contributed by atoms with E-state index < -0.39 is 5.54 Å². The molecule has 0 radical (unpaired) electrons. The number of nitrogens with one attached hydrogen (secondary N) is 2. The maximum absolute atomic E-state index is 9.71. The van der Waals surface area contributed by atoms with Crippen LogP contribution in [0, 0.1) is 0 Å². The first-order valence-corrected chi connectivity index (χ1v) is 11.7. The fourth-order valence-electron chi connectivity index (χ4n) is 2.84. The van der Waals surface area contributed by atoms with Crippen LogP contribution >= 0.6 is 23.3 Å². The molecule has 0 saturated heterocycles. The van der Waals surface area contributed by atoms with E-state index in [0.29, 0.717) is 19.8 Å². The number of aliphatic hydroxyl groups is 2. The standard InChI is InChI=1S/C21H30N4O3S2/c1-21(2,15-27)24-17-12-25(29-14-16-6-4-3-5-7-16)13-18-19(17)23-20(30-18)22-8-10-28-11-9-26/h3-7,12,24,26-27H,8-11,13-15H2,1-2H3,(H,22,23). The van der Waals surface area contributed by atoms with Crippen molar-refractivity contribution in [1.82, 2.24) is 14.6 Å². The van der Waals surface area contributed by atoms with Crippen molar-refractivity contribution in [1.29, 1.82) is 0 Å². The lowest BCUT2D eigenvalue weighted by Crippen LogP contribution is -2.42. The molecule has 0 spiro atoms. The van der Waals surface area contributed by atoms with Crippen molar-refractivity contribution < 1.29 is 14.9 Å². The van der Waals surface area contributed by atoms with E-state index in [9.17, 15) is 5.11 Å². The number of hydrogen-bond donors (Lipinski definition) is 4. The predicted molar refractivity (Wildman–Crippen MR) is 124 cm³/mol. The number of nitrogens with zero attached hydrogens (tertiary/aromatic N) is 2. The second-order valence-corrected chi connectivity index (χ2v) is 9.70. The molecule has 4 N–H and O–H groups in total. The van der Waals surface area contributed by atoms with Gasteiger partial charge in [0.15, 0.2) is 5.13 Å². The Hall–Kier alpha value is -1.78. The summed E-state index contributed by atoms with van der Waals surface area (Å²) in [6.07, 6.45) is 2.08. The van der Waals surface area contributed by atoms with E-state index in [1.54, 1.807) is 23.3 Å². The lowest BCUT2D eigenvalue weighted by Gasteiger charge is -2.31. The number of rotatable bonds is 12. The first kappa shape index (κ1) is 22.9. The largest absolute Gasteiger partial charge is 0.394 e. The van der Waals surface area contributed by atoms with E-state index in [1.165, 1.54) is 10.4 Å². The van der Waals surface area contributed by atoms with Crippen LogP contribution in [0.4, 0.5) is 5.13 Å². The SMILES string of the molecule is CC(C)(CO)NC1=CN(SCc2ccccc2)Cc2sc(NCCOCCO)nc21. The topological polar surface area (TPSA) is 89.9 Å². The highest BCUT2D eigenvalue weighted by Gasteiger charge is 2.27. The Balaban J connectivity index is 1.70. The van der Waals surface area contributed by atoms with Gasteiger partial charge in [0.1, 0.15) is 5.69 Å². The van der Waals surface area contributed by atoms with Gasteiger partial charge in [-0.3, -0.25) is 0 Å². The van der Waals surface area contributed by atoms with E-state index in [-0.39, 0.29) is 13.2 Å². The molecule has 30 heavy (non-hydrogen) atoms. The number of ether oxygens (including phenoxy) is 1. The lowest BCUT2D eigenvalue weighted by atomic mass is 10.1. The summed E-state index contributed by atoms with van der Waals surface area (Å²) in [7, 11) is 0. The highest BCUT2D eigenvalue weighted by atomic mass is 32.2. The van der Waals surface area contributed by atoms with E-state index >= 15 is 0 Å². The van der Waals surface area contributed by atoms with Crippen LogP contribution < -0.4 is 10.6 Å². The molecule has 0 fully saturated rings. The van der Waals surface area contributed by atoms with Crippen molar-refractivity contribution in [2.24, 2.45) is 0 Å². The fraction of sp³-hybridized carbons (Fsp3) is 0.476. The van der Waals surface area contributed by atoms with E-state index in [2.05, 4.69) is 45.4 Å². The molecule has 1 aromatic carbocycles. The second kappa shape index (κ2) is 11.0. The summed E-state index contributed by atoms with van der Waals surface area (Å²) < 4.78 is 7.52. The highest BCUT2D eigenvalue weighted by Crippen LogP contribution is 2.36. The molecular weight excluding hydrogens is 420 g/mol. The summed E-state index contributed by atoms with van der Waals surface area (Å²) in [5.74, 6) is 0.884. The van der Waals surface area contributed by atoms with Crippen LogP contribution in [0.25, 0.3) is 5.70 Å². The summed E-state index contributed by atoms with van der Waals surface area (Å²) >= 11 is 3.39. The summed E-state index contributed by atoms with van der Waals surface area (Å²) in [4.78, 5) is 5.95. The average molecular weight is 451 g/mol. The Bertz CT molecular complexity index is 827. The van der Waals surface area contributed by atoms with Crippen LogP contribution in [0.15, 0.2) is 36.5 Å². The van der Waals surface area contributed by atoms with Gasteiger partial charge in [0.25, 0.3) is 0 Å². The summed E-state index contributed by atoms with van der Waals surface area (Å²) in [6, 6.07) is 10.4. The van der Waals surface area contributed by atoms with Crippen LogP contribution in [0.1, 0.15) is 30.0 Å². The first-order valence-electron chi connectivity index (χ1n) is 9.97. The number of anilines is 1. The molecule has 0 bridgehead atoms. The Morgan fingerprint density at radius 1 is 1.23 bits per heavy atom. The molecule has 2 aromatic rings. The molecule has 1 aliphatic rings. The van der Waals surface area contributed by atoms with Gasteiger partial charge in [-0.2, -0.15) is 0 Å². The van der Waals surface area contributed by atoms with Crippen LogP contribution in [0.2, 0.25) is 0 Å². The highest BCUT2D eigenvalue weighted by molar-refractivity contribution is 7.96. The zero-order valence-corrected chi connectivity index (χ0v) is 19.1. The molecule has 1 aliphatic heterocycles. The maximum Gasteiger partial charge on any atom is 0.183 e. The molecule has 0 atom stereocenters. The Labute approximate surface area is 186 Å². The molecule has 0 amide bonds. The number of thiazole rings is 1. The third kappa shape index (κ3) is 6.61. The molecule has 9 heteroatoms. The number of benzene rings is 1. The quantitative estimate of drug-likeness (QED) is 0.290. The van der Waals surface area contributed by atoms with Crippen molar-refractivity contribution in [2.75, 3.05) is 38.3 Å². The van der Waals surface area contributed by atoms with Crippen molar-refractivity contribution in [3.63, 3.8) is 0 Å². The van der Waals surface area contributed by atoms with Crippen molar-refractivity contribution in [3.05, 3.63) is 52.7 Å². The molecular formula is C21H30N4O3S2. The minimum Gasteiger partial charge on any atom is -0.394 e. The van der Waals surface area contributed by atoms with Crippen LogP contribution in [0.5, 0.6) is 0 Å². The summed E-state index contributed by atoms with van der Waals surface area (Å²) in [5, 5.41) is 26.1. The number of aliphatic hydroxyl groups excluding tert-OH is 2. The number of aromatic nitrogens is 1. The lowest BCUT2D eigenvalue weighted by molar-refractivity contribution is 0.0992. The van der Waals surface area contributed by atoms with Gasteiger partial charge >= 0.3 is 0 Å². The molecule has 7 nitrogen and oxygen atoms in total. The summed E-state index contributed by atoms with van der Waals surface area (Å²) in [5.41, 5.74) is 2.67. The zero-order chi connectivity index (χ0) is 21.4. The second-order valence-electron chi connectivity index (χ2n) is 7.60. The van der Waals surface area contributed by atoms with Crippen molar-refractivity contribution in [2.45, 2.75) is 31.7 Å². The zero-order valence-electron chi connectivity index (χ0n) is 17.4. The average Bonchev–Trinajstić information content (AvgIpc) is 3.16. The van der Waals surface area contributed by atoms with E-state index in [1.807, 2.05) is 19.9 Å². The van der Waals surface area contributed by atoms with Gasteiger partial charge in [0, 0.05) is 18.5 Å². The third-order valence-electron chi connectivity index (χ3n) is 4.39. The normalized spacial score (nSPS) is 13.7. The smallest absolute Gasteiger partial charge is 0.183 e. The van der Waals surface area contributed by atoms with Crippen LogP contribution in [-0.4, -0.2) is 58.0 Å². The van der Waals surface area contributed by atoms with Gasteiger partial charge in [-0.1, -0.05) is 41.7 Å². The molecule has 0 aliphatic carbocycles. The molecule has 0 saturated carbocycles. The van der Waals surface area contributed by atoms with E-state index in [4.69, 9.17) is 14.8 Å². The molecule has 0 unspecified atom stereocenters. The monoisotopic (exact) mass is 450 g/mol. The van der Waals surface area contributed by atoms with Gasteiger partial charge in [-0.05, 0) is 31.4 Å². The Kier molecular flexibility index (Phi) is 8.41. The van der Waals surface area contributed by atoms with Gasteiger partial charge in [-0.25, -0.2) is 4.98 Å². The Morgan fingerprint density at radius 3 is 2.77 bits per heavy atom. The molecule has 1 aromatic heterocycles. The maximum atomic E-state index is 9.71. The Morgan fingerprint density at radius 2 is 2.03 bits per heavy atom. The fourth-order valence-corrected chi connectivity index (χ4v) is 4.83. The molecule has 2 heterocycles. The van der Waals surface area contributed by atoms with Crippen molar-refractivity contribution >= 4 is 34.1 Å². The van der Waals surface area contributed by atoms with Gasteiger partial charge in [0.05, 0.1) is 49.1 Å². The minimum absolute atomic E-state index is 0.0221. The van der Waals surface area contributed by atoms with Crippen LogP contribution in [-0.2, 0) is 17.0 Å². The third-order valence-corrected chi connectivity index (χ3v) is 6.42. The number of hydrogen-bond acceptors (Lipinski definition) is 9. The predicted octanol–water partition coefficient (Wildman–Crippen LogP) is 2.89. The summed E-state index contributed by atoms with van der Waals surface area (Å²) in [6.45, 7) is 6.25. The molecule has 164 valence electrons. The van der Waals surface area contributed by atoms with Crippen molar-refractivity contribution in [3.8, 4) is 0 Å². The first-order chi connectivity index (χ1) is 14.5. The van der Waals surface area contributed by atoms with E-state index in [0.717, 1.165) is 28.8 Å².